The zero-order valence-electron chi connectivity index (χ0n) is 18.2. The van der Waals surface area contributed by atoms with Crippen LogP contribution in [0.4, 0.5) is 0 Å². The van der Waals surface area contributed by atoms with Gasteiger partial charge in [-0.05, 0) is 63.2 Å². The van der Waals surface area contributed by atoms with Crippen molar-refractivity contribution < 1.29 is 9.59 Å². The molecule has 3 aromatic heterocycles. The summed E-state index contributed by atoms with van der Waals surface area (Å²) in [7, 11) is 0. The van der Waals surface area contributed by atoms with E-state index in [4.69, 9.17) is 0 Å². The molecular weight excluding hydrogens is 416 g/mol. The Morgan fingerprint density at radius 1 is 0.818 bits per heavy atom. The summed E-state index contributed by atoms with van der Waals surface area (Å²) in [6, 6.07) is 10.9. The Bertz CT molecular complexity index is 1200. The number of Topliss-reactive ketones (excluding diaryl/α,β-unsaturated/α-hetero) is 1. The zero-order valence-corrected chi connectivity index (χ0v) is 18.2. The molecule has 1 fully saturated rings. The Morgan fingerprint density at radius 2 is 1.45 bits per heavy atom. The highest BCUT2D eigenvalue weighted by Gasteiger charge is 2.31. The summed E-state index contributed by atoms with van der Waals surface area (Å²) in [5.41, 5.74) is 2.31. The Balaban J connectivity index is 1.45. The van der Waals surface area contributed by atoms with Crippen LogP contribution >= 0.6 is 0 Å². The molecular formula is C25H24N6O2. The molecule has 2 aliphatic rings. The lowest BCUT2D eigenvalue weighted by molar-refractivity contribution is 0.0970. The lowest BCUT2D eigenvalue weighted by Crippen LogP contribution is -2.31. The van der Waals surface area contributed by atoms with Crippen molar-refractivity contribution in [3.05, 3.63) is 72.0 Å². The highest BCUT2D eigenvalue weighted by molar-refractivity contribution is 6.23. The van der Waals surface area contributed by atoms with Gasteiger partial charge in [0.2, 0.25) is 11.6 Å². The molecule has 0 atom stereocenters. The molecule has 5 rings (SSSR count). The maximum absolute atomic E-state index is 13.2. The van der Waals surface area contributed by atoms with Gasteiger partial charge in [0, 0.05) is 25.0 Å². The van der Waals surface area contributed by atoms with Crippen molar-refractivity contribution in [3.8, 4) is 22.8 Å². The number of nitrogens with zero attached hydrogens (tertiary/aromatic N) is 5. The fourth-order valence-electron chi connectivity index (χ4n) is 4.18. The van der Waals surface area contributed by atoms with Gasteiger partial charge in [-0.1, -0.05) is 12.1 Å². The zero-order chi connectivity index (χ0) is 22.6. The minimum atomic E-state index is -0.344. The molecule has 0 unspecified atom stereocenters. The molecule has 1 aliphatic carbocycles. The molecule has 4 heterocycles. The van der Waals surface area contributed by atoms with Crippen molar-refractivity contribution in [1.29, 1.82) is 0 Å². The molecule has 166 valence electrons. The topological polar surface area (TPSA) is 101 Å². The minimum Gasteiger partial charge on any atom is -0.382 e. The second-order valence-corrected chi connectivity index (χ2v) is 8.13. The number of aromatic nitrogens is 4. The molecule has 0 radical (unpaired) electrons. The van der Waals surface area contributed by atoms with Crippen LogP contribution in [0, 0.1) is 0 Å². The van der Waals surface area contributed by atoms with Crippen molar-refractivity contribution in [2.45, 2.75) is 19.3 Å². The van der Waals surface area contributed by atoms with E-state index in [1.807, 2.05) is 12.1 Å². The van der Waals surface area contributed by atoms with Crippen LogP contribution in [0.15, 0.2) is 60.6 Å². The fourth-order valence-corrected chi connectivity index (χ4v) is 4.18. The highest BCUT2D eigenvalue weighted by atomic mass is 16.1. The largest absolute Gasteiger partial charge is 0.382 e. The highest BCUT2D eigenvalue weighted by Crippen LogP contribution is 2.29. The third kappa shape index (κ3) is 4.42. The first-order valence-electron chi connectivity index (χ1n) is 11.2. The van der Waals surface area contributed by atoms with Gasteiger partial charge in [0.25, 0.3) is 0 Å². The van der Waals surface area contributed by atoms with Gasteiger partial charge in [-0.2, -0.15) is 0 Å². The normalized spacial score (nSPS) is 15.9. The van der Waals surface area contributed by atoms with E-state index in [9.17, 15) is 9.59 Å². The molecule has 8 nitrogen and oxygen atoms in total. The molecule has 0 bridgehead atoms. The average molecular weight is 441 g/mol. The molecule has 1 aliphatic heterocycles. The van der Waals surface area contributed by atoms with Crippen LogP contribution in [0.2, 0.25) is 0 Å². The lowest BCUT2D eigenvalue weighted by atomic mass is 10.00. The third-order valence-corrected chi connectivity index (χ3v) is 5.84. The van der Waals surface area contributed by atoms with Crippen molar-refractivity contribution in [1.82, 2.24) is 30.2 Å². The van der Waals surface area contributed by atoms with Crippen LogP contribution in [0.5, 0.6) is 0 Å². The quantitative estimate of drug-likeness (QED) is 0.560. The van der Waals surface area contributed by atoms with Gasteiger partial charge in [0.1, 0.15) is 22.8 Å². The molecule has 1 N–H and O–H groups in total. The molecule has 0 saturated carbocycles. The lowest BCUT2D eigenvalue weighted by Gasteiger charge is -2.19. The summed E-state index contributed by atoms with van der Waals surface area (Å²) in [5.74, 6) is -0.674. The van der Waals surface area contributed by atoms with Crippen LogP contribution in [0.25, 0.3) is 22.8 Å². The summed E-state index contributed by atoms with van der Waals surface area (Å²) in [4.78, 5) is 46.5. The van der Waals surface area contributed by atoms with Gasteiger partial charge in [0.15, 0.2) is 0 Å². The van der Waals surface area contributed by atoms with Crippen molar-refractivity contribution in [3.63, 3.8) is 0 Å². The number of carbonyl (C=O) groups is 2. The van der Waals surface area contributed by atoms with Crippen molar-refractivity contribution in [2.75, 3.05) is 26.2 Å². The Kier molecular flexibility index (Phi) is 5.99. The van der Waals surface area contributed by atoms with E-state index in [-0.39, 0.29) is 28.7 Å². The SMILES string of the molecule is O=C1C=C(NCCCN2CCCC2)C(=O)c2nc(-c3ccccn3)c(-c3ccccn3)nc21. The number of carbonyl (C=O) groups excluding carboxylic acids is 2. The van der Waals surface area contributed by atoms with Gasteiger partial charge in [-0.25, -0.2) is 9.97 Å². The molecule has 0 aromatic carbocycles. The molecule has 8 heteroatoms. The summed E-state index contributed by atoms with van der Waals surface area (Å²) in [6.07, 6.45) is 8.03. The number of allylic oxidation sites excluding steroid dienone is 2. The number of pyridine rings is 2. The molecule has 0 amide bonds. The van der Waals surface area contributed by atoms with E-state index in [1.165, 1.54) is 18.9 Å². The third-order valence-electron chi connectivity index (χ3n) is 5.84. The number of hydrogen-bond donors (Lipinski definition) is 1. The number of ketones is 2. The van der Waals surface area contributed by atoms with E-state index in [2.05, 4.69) is 30.2 Å². The Labute approximate surface area is 191 Å². The standard InChI is InChI=1S/C25H24N6O2/c32-20-16-19(28-12-7-15-31-13-5-6-14-31)25(33)24-23(20)29-21(17-8-1-3-10-26-17)22(30-24)18-9-2-4-11-27-18/h1-4,8-11,16,28H,5-7,12-15H2. The van der Waals surface area contributed by atoms with E-state index in [0.717, 1.165) is 26.1 Å². The van der Waals surface area contributed by atoms with Gasteiger partial charge in [0.05, 0.1) is 17.1 Å². The monoisotopic (exact) mass is 440 g/mol. The molecule has 33 heavy (non-hydrogen) atoms. The van der Waals surface area contributed by atoms with Gasteiger partial charge in [-0.15, -0.1) is 0 Å². The van der Waals surface area contributed by atoms with Crippen LogP contribution < -0.4 is 5.32 Å². The number of fused-ring (bicyclic) bond motifs is 1. The molecule has 3 aromatic rings. The van der Waals surface area contributed by atoms with Gasteiger partial charge >= 0.3 is 0 Å². The number of rotatable bonds is 7. The smallest absolute Gasteiger partial charge is 0.229 e. The number of hydrogen-bond acceptors (Lipinski definition) is 8. The summed E-state index contributed by atoms with van der Waals surface area (Å²) in [5, 5.41) is 3.14. The van der Waals surface area contributed by atoms with Crippen LogP contribution in [0.3, 0.4) is 0 Å². The van der Waals surface area contributed by atoms with E-state index in [1.54, 1.807) is 36.7 Å². The van der Waals surface area contributed by atoms with Crippen LogP contribution in [-0.4, -0.2) is 62.6 Å². The Morgan fingerprint density at radius 3 is 2.06 bits per heavy atom. The second-order valence-electron chi connectivity index (χ2n) is 8.13. The first-order chi connectivity index (χ1) is 16.2. The summed E-state index contributed by atoms with van der Waals surface area (Å²) >= 11 is 0. The number of nitrogens with one attached hydrogen (secondary N) is 1. The Hall–Kier alpha value is -3.78. The van der Waals surface area contributed by atoms with Crippen LogP contribution in [0.1, 0.15) is 40.2 Å². The summed E-state index contributed by atoms with van der Waals surface area (Å²) < 4.78 is 0. The second kappa shape index (κ2) is 9.38. The van der Waals surface area contributed by atoms with E-state index < -0.39 is 0 Å². The maximum atomic E-state index is 13.2. The number of likely N-dealkylation sites (tertiary alicyclic amines) is 1. The predicted molar refractivity (Wildman–Crippen MR) is 124 cm³/mol. The fraction of sp³-hybridized carbons (Fsp3) is 0.280. The molecule has 1 saturated heterocycles. The molecule has 0 spiro atoms. The van der Waals surface area contributed by atoms with Crippen LogP contribution in [-0.2, 0) is 0 Å². The van der Waals surface area contributed by atoms with E-state index in [0.29, 0.717) is 29.3 Å². The van der Waals surface area contributed by atoms with Gasteiger partial charge < -0.3 is 10.2 Å². The average Bonchev–Trinajstić information content (AvgIpc) is 3.39. The van der Waals surface area contributed by atoms with Gasteiger partial charge in [-0.3, -0.25) is 19.6 Å². The predicted octanol–water partition coefficient (Wildman–Crippen LogP) is 2.94. The van der Waals surface area contributed by atoms with E-state index >= 15 is 0 Å². The first kappa shape index (κ1) is 21.1. The summed E-state index contributed by atoms with van der Waals surface area (Å²) in [6.45, 7) is 3.87. The maximum Gasteiger partial charge on any atom is 0.229 e. The van der Waals surface area contributed by atoms with Crippen molar-refractivity contribution >= 4 is 11.6 Å². The minimum absolute atomic E-state index is 0.0444. The first-order valence-corrected chi connectivity index (χ1v) is 11.2. The van der Waals surface area contributed by atoms with Crippen molar-refractivity contribution in [2.24, 2.45) is 0 Å².